The van der Waals surface area contributed by atoms with E-state index in [1.165, 1.54) is 6.42 Å². The molecule has 0 aliphatic rings. The lowest BCUT2D eigenvalue weighted by atomic mass is 10.2. The fourth-order valence-electron chi connectivity index (χ4n) is 0.430. The van der Waals surface area contributed by atoms with E-state index in [0.717, 1.165) is 30.2 Å². The maximum atomic E-state index is 11.9. The third-order valence-corrected chi connectivity index (χ3v) is 1.62. The van der Waals surface area contributed by atoms with Gasteiger partial charge in [-0.1, -0.05) is 27.2 Å². The van der Waals surface area contributed by atoms with Gasteiger partial charge in [0, 0.05) is 0 Å². The van der Waals surface area contributed by atoms with Crippen molar-refractivity contribution in [3.63, 3.8) is 0 Å². The smallest absolute Gasteiger partial charge is 0.123 e. The van der Waals surface area contributed by atoms with E-state index in [2.05, 4.69) is 20.8 Å². The summed E-state index contributed by atoms with van der Waals surface area (Å²) in [6, 6.07) is 4.31. The summed E-state index contributed by atoms with van der Waals surface area (Å²) in [5, 5.41) is 0. The molecule has 1 aromatic carbocycles. The Morgan fingerprint density at radius 2 is 1.23 bits per heavy atom. The van der Waals surface area contributed by atoms with Crippen molar-refractivity contribution < 1.29 is 8.78 Å². The summed E-state index contributed by atoms with van der Waals surface area (Å²) >= 11 is 0. The van der Waals surface area contributed by atoms with Crippen molar-refractivity contribution in [1.29, 1.82) is 0 Å². The van der Waals surface area contributed by atoms with Crippen molar-refractivity contribution in [3.8, 4) is 0 Å². The molecule has 0 aliphatic heterocycles. The van der Waals surface area contributed by atoms with E-state index >= 15 is 0 Å². The van der Waals surface area contributed by atoms with E-state index < -0.39 is 11.6 Å². The minimum absolute atomic E-state index is 0.411. The summed E-state index contributed by atoms with van der Waals surface area (Å²) in [6.45, 7) is 6.64. The fraction of sp³-hybridized carbons (Fsp3) is 0.455. The lowest BCUT2D eigenvalue weighted by Crippen LogP contribution is -1.77. The molecule has 0 unspecified atom stereocenters. The predicted molar refractivity (Wildman–Crippen MR) is 51.5 cm³/mol. The van der Waals surface area contributed by atoms with E-state index in [9.17, 15) is 8.78 Å². The second-order valence-corrected chi connectivity index (χ2v) is 3.24. The average Bonchev–Trinajstić information content (AvgIpc) is 2.11. The van der Waals surface area contributed by atoms with Gasteiger partial charge in [0.25, 0.3) is 0 Å². The topological polar surface area (TPSA) is 0 Å². The predicted octanol–water partition coefficient (Wildman–Crippen LogP) is 4.02. The second-order valence-electron chi connectivity index (χ2n) is 3.24. The maximum Gasteiger partial charge on any atom is 0.123 e. The minimum Gasteiger partial charge on any atom is -0.207 e. The SMILES string of the molecule is CCC(C)C.Fc1ccc(F)cc1. The molecule has 1 aromatic rings. The molecule has 0 fully saturated rings. The summed E-state index contributed by atoms with van der Waals surface area (Å²) < 4.78 is 23.8. The molecule has 74 valence electrons. The monoisotopic (exact) mass is 186 g/mol. The zero-order chi connectivity index (χ0) is 10.3. The number of rotatable bonds is 1. The highest BCUT2D eigenvalue weighted by atomic mass is 19.1. The van der Waals surface area contributed by atoms with Crippen LogP contribution < -0.4 is 0 Å². The molecule has 0 spiro atoms. The van der Waals surface area contributed by atoms with Gasteiger partial charge in [-0.2, -0.15) is 0 Å². The van der Waals surface area contributed by atoms with Crippen LogP contribution >= 0.6 is 0 Å². The van der Waals surface area contributed by atoms with Gasteiger partial charge in [-0.3, -0.25) is 0 Å². The lowest BCUT2D eigenvalue weighted by Gasteiger charge is -1.90. The van der Waals surface area contributed by atoms with Crippen LogP contribution in [0.4, 0.5) is 8.78 Å². The molecular weight excluding hydrogens is 170 g/mol. The molecular formula is C11H16F2. The van der Waals surface area contributed by atoms with Crippen LogP contribution in [0.25, 0.3) is 0 Å². The third-order valence-electron chi connectivity index (χ3n) is 1.62. The summed E-state index contributed by atoms with van der Waals surface area (Å²) in [4.78, 5) is 0. The van der Waals surface area contributed by atoms with Crippen LogP contribution in [0.2, 0.25) is 0 Å². The highest BCUT2D eigenvalue weighted by molar-refractivity contribution is 5.04. The molecule has 0 saturated carbocycles. The van der Waals surface area contributed by atoms with E-state index in [0.29, 0.717) is 0 Å². The molecule has 0 radical (unpaired) electrons. The highest BCUT2D eigenvalue weighted by Gasteiger charge is 1.86. The van der Waals surface area contributed by atoms with Crippen LogP contribution in [0.3, 0.4) is 0 Å². The first kappa shape index (κ1) is 12.1. The van der Waals surface area contributed by atoms with Gasteiger partial charge in [-0.05, 0) is 30.2 Å². The summed E-state index contributed by atoms with van der Waals surface area (Å²) in [6.07, 6.45) is 1.31. The largest absolute Gasteiger partial charge is 0.207 e. The van der Waals surface area contributed by atoms with E-state index in [1.807, 2.05) is 0 Å². The second kappa shape index (κ2) is 6.58. The molecule has 0 nitrogen and oxygen atoms in total. The molecule has 0 saturated heterocycles. The molecule has 2 heteroatoms. The van der Waals surface area contributed by atoms with Gasteiger partial charge in [0.05, 0.1) is 0 Å². The Bertz CT molecular complexity index is 193. The van der Waals surface area contributed by atoms with Crippen molar-refractivity contribution in [2.75, 3.05) is 0 Å². The van der Waals surface area contributed by atoms with Crippen molar-refractivity contribution in [2.24, 2.45) is 5.92 Å². The quantitative estimate of drug-likeness (QED) is 0.621. The Hall–Kier alpha value is -0.920. The normalized spacial score (nSPS) is 9.38. The number of benzene rings is 1. The van der Waals surface area contributed by atoms with Gasteiger partial charge in [0.2, 0.25) is 0 Å². The lowest BCUT2D eigenvalue weighted by molar-refractivity contribution is 0.600. The molecule has 0 atom stereocenters. The van der Waals surface area contributed by atoms with Crippen molar-refractivity contribution in [2.45, 2.75) is 27.2 Å². The number of hydrogen-bond acceptors (Lipinski definition) is 0. The first-order valence-electron chi connectivity index (χ1n) is 4.47. The Kier molecular flexibility index (Phi) is 6.11. The van der Waals surface area contributed by atoms with Gasteiger partial charge >= 0.3 is 0 Å². The van der Waals surface area contributed by atoms with Crippen LogP contribution in [-0.2, 0) is 0 Å². The van der Waals surface area contributed by atoms with Crippen LogP contribution in [-0.4, -0.2) is 0 Å². The number of halogens is 2. The molecule has 0 N–H and O–H groups in total. The van der Waals surface area contributed by atoms with Crippen LogP contribution in [0, 0.1) is 17.6 Å². The first-order chi connectivity index (χ1) is 6.06. The zero-order valence-electron chi connectivity index (χ0n) is 8.35. The van der Waals surface area contributed by atoms with Crippen molar-refractivity contribution in [1.82, 2.24) is 0 Å². The molecule has 0 aromatic heterocycles. The van der Waals surface area contributed by atoms with Gasteiger partial charge in [-0.25, -0.2) is 8.78 Å². The highest BCUT2D eigenvalue weighted by Crippen LogP contribution is 1.98. The average molecular weight is 186 g/mol. The van der Waals surface area contributed by atoms with Gasteiger partial charge in [0.1, 0.15) is 11.6 Å². The molecule has 0 heterocycles. The third kappa shape index (κ3) is 7.44. The van der Waals surface area contributed by atoms with Crippen LogP contribution in [0.1, 0.15) is 27.2 Å². The van der Waals surface area contributed by atoms with E-state index in [1.54, 1.807) is 0 Å². The first-order valence-corrected chi connectivity index (χ1v) is 4.47. The van der Waals surface area contributed by atoms with Gasteiger partial charge < -0.3 is 0 Å². The summed E-state index contributed by atoms with van der Waals surface area (Å²) in [5.74, 6) is 0.0628. The fourth-order valence-corrected chi connectivity index (χ4v) is 0.430. The van der Waals surface area contributed by atoms with Gasteiger partial charge in [-0.15, -0.1) is 0 Å². The maximum absolute atomic E-state index is 11.9. The summed E-state index contributed by atoms with van der Waals surface area (Å²) in [7, 11) is 0. The van der Waals surface area contributed by atoms with Crippen molar-refractivity contribution >= 4 is 0 Å². The van der Waals surface area contributed by atoms with Crippen molar-refractivity contribution in [3.05, 3.63) is 35.9 Å². The Morgan fingerprint density at radius 3 is 1.38 bits per heavy atom. The van der Waals surface area contributed by atoms with Crippen LogP contribution in [0.5, 0.6) is 0 Å². The van der Waals surface area contributed by atoms with E-state index in [4.69, 9.17) is 0 Å². The molecule has 13 heavy (non-hydrogen) atoms. The minimum atomic E-state index is -0.411. The molecule has 0 aliphatic carbocycles. The van der Waals surface area contributed by atoms with Crippen LogP contribution in [0.15, 0.2) is 24.3 Å². The Balaban J connectivity index is 0.000000252. The zero-order valence-corrected chi connectivity index (χ0v) is 8.35. The van der Waals surface area contributed by atoms with Gasteiger partial charge in [0.15, 0.2) is 0 Å². The Labute approximate surface area is 78.6 Å². The molecule has 0 bridgehead atoms. The summed E-state index contributed by atoms with van der Waals surface area (Å²) in [5.41, 5.74) is 0. The Morgan fingerprint density at radius 1 is 1.00 bits per heavy atom. The number of hydrogen-bond donors (Lipinski definition) is 0. The van der Waals surface area contributed by atoms with E-state index in [-0.39, 0.29) is 0 Å². The standard InChI is InChI=1S/C6H4F2.C5H12/c7-5-1-2-6(8)4-3-5;1-4-5(2)3/h1-4H;5H,4H2,1-3H3. The molecule has 1 rings (SSSR count). The molecule has 0 amide bonds.